The minimum absolute atomic E-state index is 0.245. The van der Waals surface area contributed by atoms with Gasteiger partial charge in [0.15, 0.2) is 23.6 Å². The Morgan fingerprint density at radius 2 is 1.64 bits per heavy atom. The van der Waals surface area contributed by atoms with E-state index in [0.29, 0.717) is 22.1 Å². The van der Waals surface area contributed by atoms with Gasteiger partial charge < -0.3 is 23.7 Å². The van der Waals surface area contributed by atoms with Gasteiger partial charge in [0.25, 0.3) is 0 Å². The zero-order valence-electron chi connectivity index (χ0n) is 20.1. The fourth-order valence-corrected chi connectivity index (χ4v) is 5.47. The van der Waals surface area contributed by atoms with E-state index in [1.807, 2.05) is 0 Å². The van der Waals surface area contributed by atoms with Crippen LogP contribution in [0.25, 0.3) is 11.5 Å². The molecule has 1 unspecified atom stereocenters. The molecular formula is C24H19Cl2F3N2O7S. The van der Waals surface area contributed by atoms with Crippen molar-refractivity contribution in [1.29, 1.82) is 0 Å². The van der Waals surface area contributed by atoms with Gasteiger partial charge in [0, 0.05) is 24.3 Å². The van der Waals surface area contributed by atoms with Crippen LogP contribution in [0.1, 0.15) is 25.7 Å². The maximum absolute atomic E-state index is 13.8. The Morgan fingerprint density at radius 1 is 1.00 bits per heavy atom. The molecule has 2 aromatic carbocycles. The van der Waals surface area contributed by atoms with Crippen LogP contribution >= 0.6 is 35.0 Å². The van der Waals surface area contributed by atoms with Crippen molar-refractivity contribution < 1.29 is 46.5 Å². The summed E-state index contributed by atoms with van der Waals surface area (Å²) >= 11 is 13.2. The molecule has 1 aliphatic rings. The number of nitrogens with zero attached hydrogens (tertiary/aromatic N) is 2. The first-order chi connectivity index (χ1) is 18.5. The number of benzene rings is 2. The SMILES string of the molecule is CC(=O)O[C@@H]1[C@H](c2nnc(-c3cc(F)c(F)c(F)c3)o2)[C@@H](OC(C)=O)C(Sc2ccc(Cl)c(Cl)c2)O[C@@H]1CO. The molecule has 0 radical (unpaired) electrons. The van der Waals surface area contributed by atoms with Gasteiger partial charge in [-0.3, -0.25) is 9.59 Å². The van der Waals surface area contributed by atoms with E-state index in [4.69, 9.17) is 41.8 Å². The molecule has 0 aliphatic carbocycles. The number of aliphatic hydroxyl groups excluding tert-OH is 1. The van der Waals surface area contributed by atoms with Gasteiger partial charge in [-0.05, 0) is 30.3 Å². The molecule has 15 heteroatoms. The number of ether oxygens (including phenoxy) is 3. The van der Waals surface area contributed by atoms with Gasteiger partial charge in [0.1, 0.15) is 23.6 Å². The molecule has 1 N–H and O–H groups in total. The summed E-state index contributed by atoms with van der Waals surface area (Å²) in [5.74, 6) is -8.01. The van der Waals surface area contributed by atoms with Gasteiger partial charge in [-0.1, -0.05) is 35.0 Å². The molecule has 0 amide bonds. The van der Waals surface area contributed by atoms with Crippen LogP contribution in [0.15, 0.2) is 39.6 Å². The summed E-state index contributed by atoms with van der Waals surface area (Å²) in [6.07, 6.45) is -3.69. The fourth-order valence-electron chi connectivity index (χ4n) is 3.95. The first-order valence-electron chi connectivity index (χ1n) is 11.2. The summed E-state index contributed by atoms with van der Waals surface area (Å²) in [6, 6.07) is 6.05. The van der Waals surface area contributed by atoms with Crippen LogP contribution in [-0.2, 0) is 23.8 Å². The Bertz CT molecular complexity index is 1370. The van der Waals surface area contributed by atoms with Crippen molar-refractivity contribution in [3.8, 4) is 11.5 Å². The Kier molecular flexibility index (Phi) is 9.07. The second-order valence-corrected chi connectivity index (χ2v) is 10.3. The highest BCUT2D eigenvalue weighted by Crippen LogP contribution is 2.44. The van der Waals surface area contributed by atoms with Crippen molar-refractivity contribution in [2.24, 2.45) is 0 Å². The van der Waals surface area contributed by atoms with Crippen molar-refractivity contribution >= 4 is 46.9 Å². The highest BCUT2D eigenvalue weighted by atomic mass is 35.5. The second kappa shape index (κ2) is 12.1. The fraction of sp³-hybridized carbons (Fsp3) is 0.333. The number of halogens is 5. The van der Waals surface area contributed by atoms with Crippen LogP contribution < -0.4 is 0 Å². The molecule has 9 nitrogen and oxygen atoms in total. The quantitative estimate of drug-likeness (QED) is 0.293. The van der Waals surface area contributed by atoms with Gasteiger partial charge in [-0.2, -0.15) is 0 Å². The third-order valence-electron chi connectivity index (χ3n) is 5.54. The molecule has 39 heavy (non-hydrogen) atoms. The molecule has 1 fully saturated rings. The van der Waals surface area contributed by atoms with Crippen LogP contribution in [0, 0.1) is 17.5 Å². The summed E-state index contributed by atoms with van der Waals surface area (Å²) in [5, 5.41) is 18.3. The lowest BCUT2D eigenvalue weighted by Crippen LogP contribution is -2.55. The van der Waals surface area contributed by atoms with E-state index in [1.165, 1.54) is 0 Å². The molecule has 0 saturated carbocycles. The minimum atomic E-state index is -1.68. The standard InChI is InChI=1S/C24H19Cl2F3N2O7S/c1-9(33)35-20-17(8-32)37-24(39-12-3-4-13(25)14(26)7-12)21(36-10(2)34)18(20)23-31-30-22(38-23)11-5-15(27)19(29)16(28)6-11/h3-7,17-18,20-21,24,32H,8H2,1-2H3/t17-,18+,20+,21-,24?/m1/s1. The monoisotopic (exact) mass is 606 g/mol. The largest absolute Gasteiger partial charge is 0.459 e. The average Bonchev–Trinajstić information content (AvgIpc) is 3.35. The maximum atomic E-state index is 13.8. The van der Waals surface area contributed by atoms with Gasteiger partial charge in [-0.15, -0.1) is 10.2 Å². The summed E-state index contributed by atoms with van der Waals surface area (Å²) in [4.78, 5) is 24.7. The van der Waals surface area contributed by atoms with Gasteiger partial charge in [0.05, 0.1) is 16.7 Å². The summed E-state index contributed by atoms with van der Waals surface area (Å²) < 4.78 is 63.7. The van der Waals surface area contributed by atoms with Crippen LogP contribution in [0.4, 0.5) is 13.2 Å². The number of thioether (sulfide) groups is 1. The second-order valence-electron chi connectivity index (χ2n) is 8.29. The third-order valence-corrected chi connectivity index (χ3v) is 7.41. The van der Waals surface area contributed by atoms with E-state index in [1.54, 1.807) is 18.2 Å². The topological polar surface area (TPSA) is 121 Å². The average molecular weight is 607 g/mol. The lowest BCUT2D eigenvalue weighted by molar-refractivity contribution is -0.201. The number of rotatable bonds is 7. The molecule has 1 saturated heterocycles. The summed E-state index contributed by atoms with van der Waals surface area (Å²) in [7, 11) is 0. The molecule has 1 aliphatic heterocycles. The molecule has 2 heterocycles. The van der Waals surface area contributed by atoms with Crippen LogP contribution in [0.2, 0.25) is 10.0 Å². The van der Waals surface area contributed by atoms with Crippen molar-refractivity contribution in [3.63, 3.8) is 0 Å². The molecule has 0 bridgehead atoms. The normalized spacial score (nSPS) is 22.9. The first-order valence-corrected chi connectivity index (χ1v) is 12.8. The number of aromatic nitrogens is 2. The molecule has 1 aromatic heterocycles. The van der Waals surface area contributed by atoms with Crippen molar-refractivity contribution in [3.05, 3.63) is 63.7 Å². The molecule has 4 rings (SSSR count). The Labute approximate surface area is 233 Å². The minimum Gasteiger partial charge on any atom is -0.459 e. The number of hydrogen-bond donors (Lipinski definition) is 1. The Balaban J connectivity index is 1.79. The van der Waals surface area contributed by atoms with E-state index >= 15 is 0 Å². The van der Waals surface area contributed by atoms with Crippen LogP contribution in [-0.4, -0.2) is 57.6 Å². The predicted molar refractivity (Wildman–Crippen MR) is 132 cm³/mol. The maximum Gasteiger partial charge on any atom is 0.303 e. The first kappa shape index (κ1) is 29.2. The van der Waals surface area contributed by atoms with Crippen molar-refractivity contribution in [2.75, 3.05) is 6.61 Å². The third kappa shape index (κ3) is 6.49. The van der Waals surface area contributed by atoms with E-state index in [-0.39, 0.29) is 16.5 Å². The van der Waals surface area contributed by atoms with E-state index in [9.17, 15) is 27.9 Å². The van der Waals surface area contributed by atoms with Gasteiger partial charge in [0.2, 0.25) is 11.8 Å². The number of hydrogen-bond acceptors (Lipinski definition) is 10. The van der Waals surface area contributed by atoms with Gasteiger partial charge in [-0.25, -0.2) is 13.2 Å². The molecule has 5 atom stereocenters. The van der Waals surface area contributed by atoms with Crippen LogP contribution in [0.3, 0.4) is 0 Å². The Hall–Kier alpha value is -2.84. The zero-order valence-corrected chi connectivity index (χ0v) is 22.4. The van der Waals surface area contributed by atoms with Crippen molar-refractivity contribution in [2.45, 2.75) is 48.4 Å². The number of carbonyl (C=O) groups is 2. The van der Waals surface area contributed by atoms with E-state index in [0.717, 1.165) is 25.6 Å². The lowest BCUT2D eigenvalue weighted by atomic mass is 9.89. The zero-order chi connectivity index (χ0) is 28.4. The number of carbonyl (C=O) groups excluding carboxylic acids is 2. The van der Waals surface area contributed by atoms with Crippen molar-refractivity contribution in [1.82, 2.24) is 10.2 Å². The van der Waals surface area contributed by atoms with Crippen LogP contribution in [0.5, 0.6) is 0 Å². The Morgan fingerprint density at radius 3 is 2.23 bits per heavy atom. The summed E-state index contributed by atoms with van der Waals surface area (Å²) in [6.45, 7) is 1.63. The lowest BCUT2D eigenvalue weighted by Gasteiger charge is -2.43. The predicted octanol–water partition coefficient (Wildman–Crippen LogP) is 4.92. The molecule has 0 spiro atoms. The molecular weight excluding hydrogens is 588 g/mol. The van der Waals surface area contributed by atoms with Gasteiger partial charge >= 0.3 is 11.9 Å². The summed E-state index contributed by atoms with van der Waals surface area (Å²) in [5.41, 5.74) is -1.30. The van der Waals surface area contributed by atoms with E-state index in [2.05, 4.69) is 10.2 Å². The number of aliphatic hydroxyl groups is 1. The molecule has 208 valence electrons. The highest BCUT2D eigenvalue weighted by molar-refractivity contribution is 7.99. The smallest absolute Gasteiger partial charge is 0.303 e. The number of esters is 2. The molecule has 3 aromatic rings. The van der Waals surface area contributed by atoms with E-state index < -0.39 is 71.6 Å². The highest BCUT2D eigenvalue weighted by Gasteiger charge is 2.53.